The van der Waals surface area contributed by atoms with E-state index in [1.165, 1.54) is 0 Å². The highest BCUT2D eigenvalue weighted by Gasteiger charge is 2.12. The van der Waals surface area contributed by atoms with Gasteiger partial charge in [-0.1, -0.05) is 0 Å². The first-order chi connectivity index (χ1) is 8.54. The number of hydrogen-bond donors (Lipinski definition) is 3. The Hall–Kier alpha value is -1.75. The zero-order chi connectivity index (χ0) is 13.5. The van der Waals surface area contributed by atoms with Crippen molar-refractivity contribution in [1.29, 1.82) is 0 Å². The average Bonchev–Trinajstić information content (AvgIpc) is 2.32. The van der Waals surface area contributed by atoms with Crippen LogP contribution in [0, 0.1) is 0 Å². The maximum absolute atomic E-state index is 12.1. The fraction of sp³-hybridized carbons (Fsp3) is 0.462. The third kappa shape index (κ3) is 4.25. The summed E-state index contributed by atoms with van der Waals surface area (Å²) in [6, 6.07) is 4.88. The first-order valence-electron chi connectivity index (χ1n) is 6.07. The zero-order valence-corrected chi connectivity index (χ0v) is 10.7. The summed E-state index contributed by atoms with van der Waals surface area (Å²) in [5.74, 6) is -0.0852. The Morgan fingerprint density at radius 2 is 1.78 bits per heavy atom. The Morgan fingerprint density at radius 1 is 1.17 bits per heavy atom. The molecule has 0 radical (unpaired) electrons. The number of unbranched alkanes of at least 4 members (excludes halogenated alkanes) is 2. The predicted octanol–water partition coefficient (Wildman–Crippen LogP) is 1.09. The zero-order valence-electron chi connectivity index (χ0n) is 10.7. The van der Waals surface area contributed by atoms with E-state index in [0.29, 0.717) is 23.5 Å². The summed E-state index contributed by atoms with van der Waals surface area (Å²) in [4.78, 5) is 13.7. The standard InChI is InChI=1S/C13H21N3O2/c1-16(5-3-2-4-6-17)13(18)10-7-11(14)9-12(15)8-10/h7-9,17H,2-6,14-15H2,1H3. The van der Waals surface area contributed by atoms with Crippen molar-refractivity contribution in [3.8, 4) is 0 Å². The number of aliphatic hydroxyl groups is 1. The molecule has 0 aliphatic heterocycles. The second kappa shape index (κ2) is 6.86. The molecule has 100 valence electrons. The Morgan fingerprint density at radius 3 is 2.33 bits per heavy atom. The number of anilines is 2. The first-order valence-corrected chi connectivity index (χ1v) is 6.07. The number of carbonyl (C=O) groups is 1. The van der Waals surface area contributed by atoms with Gasteiger partial charge in [0, 0.05) is 37.1 Å². The molecular formula is C13H21N3O2. The van der Waals surface area contributed by atoms with Gasteiger partial charge in [-0.15, -0.1) is 0 Å². The number of rotatable bonds is 6. The quantitative estimate of drug-likeness (QED) is 0.521. The normalized spacial score (nSPS) is 10.3. The molecule has 1 rings (SSSR count). The Bertz CT molecular complexity index is 387. The average molecular weight is 251 g/mol. The van der Waals surface area contributed by atoms with Crippen molar-refractivity contribution in [2.24, 2.45) is 0 Å². The van der Waals surface area contributed by atoms with Gasteiger partial charge in [0.15, 0.2) is 0 Å². The van der Waals surface area contributed by atoms with Gasteiger partial charge in [0.25, 0.3) is 5.91 Å². The van der Waals surface area contributed by atoms with Gasteiger partial charge in [-0.2, -0.15) is 0 Å². The summed E-state index contributed by atoms with van der Waals surface area (Å²) >= 11 is 0. The number of hydrogen-bond acceptors (Lipinski definition) is 4. The second-order valence-electron chi connectivity index (χ2n) is 4.40. The molecule has 0 saturated carbocycles. The lowest BCUT2D eigenvalue weighted by Crippen LogP contribution is -2.27. The van der Waals surface area contributed by atoms with E-state index in [1.807, 2.05) is 0 Å². The van der Waals surface area contributed by atoms with E-state index in [9.17, 15) is 4.79 Å². The Balaban J connectivity index is 2.57. The van der Waals surface area contributed by atoms with Crippen LogP contribution >= 0.6 is 0 Å². The van der Waals surface area contributed by atoms with Crippen LogP contribution in [0.4, 0.5) is 11.4 Å². The molecule has 1 amide bonds. The van der Waals surface area contributed by atoms with E-state index < -0.39 is 0 Å². The van der Waals surface area contributed by atoms with Gasteiger partial charge < -0.3 is 21.5 Å². The summed E-state index contributed by atoms with van der Waals surface area (Å²) in [6.07, 6.45) is 2.56. The summed E-state index contributed by atoms with van der Waals surface area (Å²) in [5.41, 5.74) is 12.8. The fourth-order valence-corrected chi connectivity index (χ4v) is 1.76. The van der Waals surface area contributed by atoms with E-state index in [-0.39, 0.29) is 12.5 Å². The molecule has 0 fully saturated rings. The van der Waals surface area contributed by atoms with Crippen molar-refractivity contribution >= 4 is 17.3 Å². The molecule has 0 aliphatic rings. The number of nitrogens with zero attached hydrogens (tertiary/aromatic N) is 1. The smallest absolute Gasteiger partial charge is 0.253 e. The van der Waals surface area contributed by atoms with E-state index in [4.69, 9.17) is 16.6 Å². The fourth-order valence-electron chi connectivity index (χ4n) is 1.76. The van der Waals surface area contributed by atoms with Crippen LogP contribution in [-0.2, 0) is 0 Å². The lowest BCUT2D eigenvalue weighted by atomic mass is 10.1. The van der Waals surface area contributed by atoms with Gasteiger partial charge in [-0.25, -0.2) is 0 Å². The monoisotopic (exact) mass is 251 g/mol. The van der Waals surface area contributed by atoms with Crippen molar-refractivity contribution in [2.45, 2.75) is 19.3 Å². The molecule has 5 nitrogen and oxygen atoms in total. The Labute approximate surface area is 107 Å². The minimum Gasteiger partial charge on any atom is -0.399 e. The van der Waals surface area contributed by atoms with Gasteiger partial charge in [0.2, 0.25) is 0 Å². The Kier molecular flexibility index (Phi) is 5.45. The molecule has 1 aromatic carbocycles. The van der Waals surface area contributed by atoms with Gasteiger partial charge in [0.1, 0.15) is 0 Å². The van der Waals surface area contributed by atoms with E-state index in [2.05, 4.69) is 0 Å². The summed E-state index contributed by atoms with van der Waals surface area (Å²) in [6.45, 7) is 0.858. The van der Waals surface area contributed by atoms with E-state index >= 15 is 0 Å². The minimum absolute atomic E-state index is 0.0852. The van der Waals surface area contributed by atoms with Crippen LogP contribution in [0.3, 0.4) is 0 Å². The van der Waals surface area contributed by atoms with Crippen LogP contribution in [0.15, 0.2) is 18.2 Å². The highest BCUT2D eigenvalue weighted by molar-refractivity contribution is 5.95. The minimum atomic E-state index is -0.0852. The van der Waals surface area contributed by atoms with Crippen molar-refractivity contribution in [3.05, 3.63) is 23.8 Å². The SMILES string of the molecule is CN(CCCCCO)C(=O)c1cc(N)cc(N)c1. The van der Waals surface area contributed by atoms with Crippen LogP contribution in [-0.4, -0.2) is 36.1 Å². The van der Waals surface area contributed by atoms with Gasteiger partial charge in [-0.05, 0) is 37.5 Å². The van der Waals surface area contributed by atoms with Crippen LogP contribution < -0.4 is 11.5 Å². The van der Waals surface area contributed by atoms with Crippen molar-refractivity contribution in [1.82, 2.24) is 4.90 Å². The number of nitrogens with two attached hydrogens (primary N) is 2. The molecule has 0 bridgehead atoms. The lowest BCUT2D eigenvalue weighted by Gasteiger charge is -2.17. The predicted molar refractivity (Wildman–Crippen MR) is 73.2 cm³/mol. The molecule has 18 heavy (non-hydrogen) atoms. The topological polar surface area (TPSA) is 92.6 Å². The molecule has 0 unspecified atom stereocenters. The lowest BCUT2D eigenvalue weighted by molar-refractivity contribution is 0.0792. The van der Waals surface area contributed by atoms with Gasteiger partial charge >= 0.3 is 0 Å². The first kappa shape index (κ1) is 14.3. The maximum atomic E-state index is 12.1. The van der Waals surface area contributed by atoms with Gasteiger partial charge in [0.05, 0.1) is 0 Å². The molecule has 0 heterocycles. The van der Waals surface area contributed by atoms with Crippen LogP contribution in [0.25, 0.3) is 0 Å². The molecule has 0 saturated heterocycles. The number of aliphatic hydroxyl groups excluding tert-OH is 1. The second-order valence-corrected chi connectivity index (χ2v) is 4.40. The largest absolute Gasteiger partial charge is 0.399 e. The maximum Gasteiger partial charge on any atom is 0.253 e. The molecule has 0 aliphatic carbocycles. The van der Waals surface area contributed by atoms with E-state index in [0.717, 1.165) is 19.3 Å². The number of amides is 1. The summed E-state index contributed by atoms with van der Waals surface area (Å²) in [5, 5.41) is 8.67. The molecule has 0 aromatic heterocycles. The molecule has 1 aromatic rings. The molecule has 0 spiro atoms. The molecule has 0 atom stereocenters. The van der Waals surface area contributed by atoms with Crippen LogP contribution in [0.2, 0.25) is 0 Å². The molecular weight excluding hydrogens is 230 g/mol. The van der Waals surface area contributed by atoms with Crippen molar-refractivity contribution in [3.63, 3.8) is 0 Å². The van der Waals surface area contributed by atoms with Crippen LogP contribution in [0.5, 0.6) is 0 Å². The number of benzene rings is 1. The molecule has 5 heteroatoms. The van der Waals surface area contributed by atoms with Crippen molar-refractivity contribution < 1.29 is 9.90 Å². The third-order valence-corrected chi connectivity index (χ3v) is 2.72. The summed E-state index contributed by atoms with van der Waals surface area (Å²) < 4.78 is 0. The van der Waals surface area contributed by atoms with Crippen molar-refractivity contribution in [2.75, 3.05) is 31.7 Å². The van der Waals surface area contributed by atoms with E-state index in [1.54, 1.807) is 30.1 Å². The highest BCUT2D eigenvalue weighted by Crippen LogP contribution is 2.15. The number of carbonyl (C=O) groups excluding carboxylic acids is 1. The number of nitrogen functional groups attached to an aromatic ring is 2. The summed E-state index contributed by atoms with van der Waals surface area (Å²) in [7, 11) is 1.75. The van der Waals surface area contributed by atoms with Crippen LogP contribution in [0.1, 0.15) is 29.6 Å². The third-order valence-electron chi connectivity index (χ3n) is 2.72. The molecule has 5 N–H and O–H groups in total. The highest BCUT2D eigenvalue weighted by atomic mass is 16.2. The van der Waals surface area contributed by atoms with Gasteiger partial charge in [-0.3, -0.25) is 4.79 Å².